The molecular formula is C12H14N2O2S2. The number of primary sulfonamides is 1. The maximum atomic E-state index is 11.1. The molecule has 0 saturated carbocycles. The molecule has 2 rings (SSSR count). The molecule has 0 spiro atoms. The van der Waals surface area contributed by atoms with Gasteiger partial charge in [0.2, 0.25) is 10.0 Å². The number of nitrogens with one attached hydrogen (secondary N) is 1. The molecule has 0 saturated heterocycles. The number of thiophene rings is 1. The summed E-state index contributed by atoms with van der Waals surface area (Å²) in [4.78, 5) is 0.143. The molecular weight excluding hydrogens is 268 g/mol. The van der Waals surface area contributed by atoms with Gasteiger partial charge in [0.25, 0.3) is 0 Å². The highest BCUT2D eigenvalue weighted by molar-refractivity contribution is 7.89. The molecule has 0 atom stereocenters. The monoisotopic (exact) mass is 282 g/mol. The van der Waals surface area contributed by atoms with Crippen LogP contribution >= 0.6 is 11.3 Å². The maximum absolute atomic E-state index is 11.1. The first-order chi connectivity index (χ1) is 8.55. The van der Waals surface area contributed by atoms with Crippen molar-refractivity contribution in [1.82, 2.24) is 5.32 Å². The zero-order valence-corrected chi connectivity index (χ0v) is 11.3. The zero-order chi connectivity index (χ0) is 13.0. The molecule has 0 aliphatic rings. The van der Waals surface area contributed by atoms with Crippen LogP contribution in [0.3, 0.4) is 0 Å². The van der Waals surface area contributed by atoms with Gasteiger partial charge in [-0.2, -0.15) is 11.3 Å². The van der Waals surface area contributed by atoms with E-state index in [0.717, 1.165) is 12.1 Å². The quantitative estimate of drug-likeness (QED) is 0.876. The summed E-state index contributed by atoms with van der Waals surface area (Å²) in [6.07, 6.45) is 0. The molecule has 0 aliphatic heterocycles. The number of benzene rings is 1. The molecule has 0 fully saturated rings. The Morgan fingerprint density at radius 3 is 2.28 bits per heavy atom. The van der Waals surface area contributed by atoms with Gasteiger partial charge in [-0.1, -0.05) is 12.1 Å². The van der Waals surface area contributed by atoms with Crippen LogP contribution in [0.2, 0.25) is 0 Å². The maximum Gasteiger partial charge on any atom is 0.238 e. The van der Waals surface area contributed by atoms with E-state index >= 15 is 0 Å². The number of sulfonamides is 1. The van der Waals surface area contributed by atoms with E-state index in [1.165, 1.54) is 17.7 Å². The van der Waals surface area contributed by atoms with Crippen molar-refractivity contribution < 1.29 is 8.42 Å². The normalized spacial score (nSPS) is 11.6. The third-order valence-corrected chi connectivity index (χ3v) is 4.15. The second kappa shape index (κ2) is 5.62. The Morgan fingerprint density at radius 1 is 1.06 bits per heavy atom. The van der Waals surface area contributed by atoms with E-state index in [-0.39, 0.29) is 4.90 Å². The van der Waals surface area contributed by atoms with Crippen molar-refractivity contribution in [2.24, 2.45) is 5.14 Å². The molecule has 0 aliphatic carbocycles. The molecule has 96 valence electrons. The average Bonchev–Trinajstić information content (AvgIpc) is 2.82. The van der Waals surface area contributed by atoms with Gasteiger partial charge < -0.3 is 5.32 Å². The largest absolute Gasteiger partial charge is 0.309 e. The minimum absolute atomic E-state index is 0.143. The Kier molecular flexibility index (Phi) is 4.13. The summed E-state index contributed by atoms with van der Waals surface area (Å²) in [7, 11) is -3.59. The smallest absolute Gasteiger partial charge is 0.238 e. The first kappa shape index (κ1) is 13.2. The van der Waals surface area contributed by atoms with Gasteiger partial charge in [-0.15, -0.1) is 0 Å². The average molecular weight is 282 g/mol. The highest BCUT2D eigenvalue weighted by atomic mass is 32.2. The highest BCUT2D eigenvalue weighted by Crippen LogP contribution is 2.09. The van der Waals surface area contributed by atoms with Crippen LogP contribution in [0.25, 0.3) is 0 Å². The lowest BCUT2D eigenvalue weighted by molar-refractivity contribution is 0.597. The van der Waals surface area contributed by atoms with Gasteiger partial charge in [-0.3, -0.25) is 0 Å². The van der Waals surface area contributed by atoms with E-state index in [0.29, 0.717) is 6.54 Å². The van der Waals surface area contributed by atoms with Crippen LogP contribution in [0.4, 0.5) is 0 Å². The van der Waals surface area contributed by atoms with Gasteiger partial charge >= 0.3 is 0 Å². The molecule has 18 heavy (non-hydrogen) atoms. The Bertz CT molecular complexity index is 590. The minimum Gasteiger partial charge on any atom is -0.309 e. The van der Waals surface area contributed by atoms with Gasteiger partial charge in [0, 0.05) is 13.1 Å². The first-order valence-corrected chi connectivity index (χ1v) is 7.88. The van der Waals surface area contributed by atoms with Crippen molar-refractivity contribution in [1.29, 1.82) is 0 Å². The SMILES string of the molecule is NS(=O)(=O)c1ccc(CNCc2ccsc2)cc1. The molecule has 6 heteroatoms. The van der Waals surface area contributed by atoms with Crippen LogP contribution in [0.5, 0.6) is 0 Å². The fraction of sp³-hybridized carbons (Fsp3) is 0.167. The molecule has 0 radical (unpaired) electrons. The van der Waals surface area contributed by atoms with Gasteiger partial charge in [0.05, 0.1) is 4.90 Å². The van der Waals surface area contributed by atoms with Crippen LogP contribution in [0.1, 0.15) is 11.1 Å². The Hall–Kier alpha value is -1.21. The van der Waals surface area contributed by atoms with Crippen molar-refractivity contribution >= 4 is 21.4 Å². The molecule has 2 aromatic rings. The van der Waals surface area contributed by atoms with Gasteiger partial charge in [-0.25, -0.2) is 13.6 Å². The molecule has 0 bridgehead atoms. The van der Waals surface area contributed by atoms with Crippen molar-refractivity contribution in [3.8, 4) is 0 Å². The summed E-state index contributed by atoms with van der Waals surface area (Å²) < 4.78 is 22.2. The van der Waals surface area contributed by atoms with Gasteiger partial charge in [0.15, 0.2) is 0 Å². The molecule has 1 heterocycles. The van der Waals surface area contributed by atoms with Crippen molar-refractivity contribution in [2.45, 2.75) is 18.0 Å². The van der Waals surface area contributed by atoms with Gasteiger partial charge in [-0.05, 0) is 40.1 Å². The zero-order valence-electron chi connectivity index (χ0n) is 9.67. The molecule has 0 amide bonds. The molecule has 4 nitrogen and oxygen atoms in total. The fourth-order valence-corrected chi connectivity index (χ4v) is 2.73. The van der Waals surface area contributed by atoms with E-state index in [1.807, 2.05) is 5.38 Å². The predicted molar refractivity (Wildman–Crippen MR) is 72.7 cm³/mol. The predicted octanol–water partition coefficient (Wildman–Crippen LogP) is 1.69. The Balaban J connectivity index is 1.91. The van der Waals surface area contributed by atoms with Crippen LogP contribution in [-0.4, -0.2) is 8.42 Å². The standard InChI is InChI=1S/C12H14N2O2S2/c13-18(15,16)12-3-1-10(2-4-12)7-14-8-11-5-6-17-9-11/h1-6,9,14H,7-8H2,(H2,13,15,16). The summed E-state index contributed by atoms with van der Waals surface area (Å²) in [5.74, 6) is 0. The van der Waals surface area contributed by atoms with Crippen molar-refractivity contribution in [3.05, 3.63) is 52.2 Å². The molecule has 1 aromatic heterocycles. The second-order valence-corrected chi connectivity index (χ2v) is 6.27. The fourth-order valence-electron chi connectivity index (χ4n) is 1.54. The third kappa shape index (κ3) is 3.64. The van der Waals surface area contributed by atoms with E-state index < -0.39 is 10.0 Å². The summed E-state index contributed by atoms with van der Waals surface area (Å²) in [6, 6.07) is 8.65. The summed E-state index contributed by atoms with van der Waals surface area (Å²) in [5.41, 5.74) is 2.28. The molecule has 3 N–H and O–H groups in total. The van der Waals surface area contributed by atoms with E-state index in [4.69, 9.17) is 5.14 Å². The highest BCUT2D eigenvalue weighted by Gasteiger charge is 2.06. The first-order valence-electron chi connectivity index (χ1n) is 5.39. The van der Waals surface area contributed by atoms with E-state index in [9.17, 15) is 8.42 Å². The van der Waals surface area contributed by atoms with Crippen LogP contribution < -0.4 is 10.5 Å². The van der Waals surface area contributed by atoms with Crippen LogP contribution in [0.15, 0.2) is 46.0 Å². The van der Waals surface area contributed by atoms with Crippen LogP contribution in [-0.2, 0) is 23.1 Å². The molecule has 1 aromatic carbocycles. The number of hydrogen-bond acceptors (Lipinski definition) is 4. The lowest BCUT2D eigenvalue weighted by atomic mass is 10.2. The Morgan fingerprint density at radius 2 is 1.72 bits per heavy atom. The molecule has 0 unspecified atom stereocenters. The number of hydrogen-bond donors (Lipinski definition) is 2. The summed E-state index contributed by atoms with van der Waals surface area (Å²) in [6.45, 7) is 1.50. The lowest BCUT2D eigenvalue weighted by Crippen LogP contribution is -2.14. The summed E-state index contributed by atoms with van der Waals surface area (Å²) in [5, 5.41) is 12.5. The summed E-state index contributed by atoms with van der Waals surface area (Å²) >= 11 is 1.67. The lowest BCUT2D eigenvalue weighted by Gasteiger charge is -2.04. The Labute approximate surface area is 111 Å². The van der Waals surface area contributed by atoms with E-state index in [1.54, 1.807) is 23.5 Å². The number of rotatable bonds is 5. The second-order valence-electron chi connectivity index (χ2n) is 3.92. The third-order valence-electron chi connectivity index (χ3n) is 2.49. The van der Waals surface area contributed by atoms with Gasteiger partial charge in [0.1, 0.15) is 0 Å². The topological polar surface area (TPSA) is 72.2 Å². The van der Waals surface area contributed by atoms with Crippen molar-refractivity contribution in [2.75, 3.05) is 0 Å². The van der Waals surface area contributed by atoms with E-state index in [2.05, 4.69) is 16.8 Å². The van der Waals surface area contributed by atoms with Crippen LogP contribution in [0, 0.1) is 0 Å². The minimum atomic E-state index is -3.59. The number of nitrogens with two attached hydrogens (primary N) is 1. The van der Waals surface area contributed by atoms with Crippen molar-refractivity contribution in [3.63, 3.8) is 0 Å².